The van der Waals surface area contributed by atoms with Gasteiger partial charge in [0.05, 0.1) is 31.4 Å². The zero-order valence-corrected chi connectivity index (χ0v) is 14.6. The normalized spacial score (nSPS) is 10.3. The van der Waals surface area contributed by atoms with Gasteiger partial charge < -0.3 is 14.8 Å². The molecule has 0 bridgehead atoms. The van der Waals surface area contributed by atoms with Crippen LogP contribution in [0.5, 0.6) is 11.5 Å². The number of nitrogens with one attached hydrogen (secondary N) is 1. The molecule has 2 rings (SSSR count). The number of amides is 1. The Hall–Kier alpha value is -1.91. The van der Waals surface area contributed by atoms with Gasteiger partial charge in [-0.1, -0.05) is 23.2 Å². The lowest BCUT2D eigenvalue weighted by molar-refractivity contribution is -0.115. The number of carbonyl (C=O) groups is 1. The average Bonchev–Trinajstić information content (AvgIpc) is 2.52. The Morgan fingerprint density at radius 1 is 1.09 bits per heavy atom. The summed E-state index contributed by atoms with van der Waals surface area (Å²) in [4.78, 5) is 12.3. The monoisotopic (exact) mass is 353 g/mol. The van der Waals surface area contributed by atoms with E-state index in [0.29, 0.717) is 27.2 Å². The number of methoxy groups -OCH3 is 2. The Labute approximate surface area is 145 Å². The number of anilines is 1. The van der Waals surface area contributed by atoms with E-state index in [2.05, 4.69) is 5.32 Å². The van der Waals surface area contributed by atoms with Crippen LogP contribution in [0.25, 0.3) is 0 Å². The van der Waals surface area contributed by atoms with Crippen LogP contribution in [-0.2, 0) is 11.2 Å². The van der Waals surface area contributed by atoms with Crippen LogP contribution < -0.4 is 14.8 Å². The highest BCUT2D eigenvalue weighted by Crippen LogP contribution is 2.31. The fourth-order valence-corrected chi connectivity index (χ4v) is 2.51. The van der Waals surface area contributed by atoms with Crippen LogP contribution in [0, 0.1) is 6.92 Å². The minimum atomic E-state index is -0.190. The van der Waals surface area contributed by atoms with E-state index in [0.717, 1.165) is 11.1 Å². The van der Waals surface area contributed by atoms with Crippen molar-refractivity contribution in [1.29, 1.82) is 0 Å². The molecule has 0 spiro atoms. The van der Waals surface area contributed by atoms with Gasteiger partial charge in [0.1, 0.15) is 0 Å². The van der Waals surface area contributed by atoms with Gasteiger partial charge in [-0.15, -0.1) is 0 Å². The summed E-state index contributed by atoms with van der Waals surface area (Å²) >= 11 is 12.0. The van der Waals surface area contributed by atoms with Gasteiger partial charge in [0.15, 0.2) is 11.5 Å². The predicted molar refractivity (Wildman–Crippen MR) is 93.1 cm³/mol. The van der Waals surface area contributed by atoms with Crippen molar-refractivity contribution in [2.75, 3.05) is 19.5 Å². The predicted octanol–water partition coefficient (Wildman–Crippen LogP) is 4.50. The van der Waals surface area contributed by atoms with Crippen molar-refractivity contribution < 1.29 is 14.3 Å². The lowest BCUT2D eigenvalue weighted by Gasteiger charge is -2.13. The van der Waals surface area contributed by atoms with Crippen molar-refractivity contribution in [2.45, 2.75) is 13.3 Å². The molecule has 0 aliphatic rings. The first-order valence-electron chi connectivity index (χ1n) is 6.91. The molecule has 1 amide bonds. The molecule has 0 saturated carbocycles. The Kier molecular flexibility index (Phi) is 5.74. The molecule has 0 radical (unpaired) electrons. The van der Waals surface area contributed by atoms with E-state index in [-0.39, 0.29) is 12.3 Å². The van der Waals surface area contributed by atoms with Gasteiger partial charge in [-0.25, -0.2) is 0 Å². The number of benzene rings is 2. The first-order valence-corrected chi connectivity index (χ1v) is 7.66. The molecule has 122 valence electrons. The quantitative estimate of drug-likeness (QED) is 0.860. The van der Waals surface area contributed by atoms with Crippen molar-refractivity contribution >= 4 is 34.8 Å². The minimum Gasteiger partial charge on any atom is -0.493 e. The lowest BCUT2D eigenvalue weighted by atomic mass is 10.0. The summed E-state index contributed by atoms with van der Waals surface area (Å²) in [6.07, 6.45) is 0.190. The van der Waals surface area contributed by atoms with E-state index < -0.39 is 0 Å². The van der Waals surface area contributed by atoms with E-state index in [9.17, 15) is 4.79 Å². The van der Waals surface area contributed by atoms with Gasteiger partial charge in [0, 0.05) is 5.02 Å². The largest absolute Gasteiger partial charge is 0.493 e. The van der Waals surface area contributed by atoms with Crippen LogP contribution in [0.15, 0.2) is 30.3 Å². The molecule has 0 aliphatic carbocycles. The van der Waals surface area contributed by atoms with E-state index in [1.165, 1.54) is 0 Å². The molecule has 0 unspecified atom stereocenters. The van der Waals surface area contributed by atoms with E-state index in [1.54, 1.807) is 38.5 Å². The van der Waals surface area contributed by atoms with Crippen LogP contribution in [0.3, 0.4) is 0 Å². The minimum absolute atomic E-state index is 0.190. The first kappa shape index (κ1) is 17.4. The van der Waals surface area contributed by atoms with Gasteiger partial charge in [0.25, 0.3) is 0 Å². The smallest absolute Gasteiger partial charge is 0.228 e. The molecular weight excluding hydrogens is 337 g/mol. The number of aryl methyl sites for hydroxylation is 1. The fourth-order valence-electron chi connectivity index (χ4n) is 2.17. The summed E-state index contributed by atoms with van der Waals surface area (Å²) in [5.74, 6) is 1.03. The SMILES string of the molecule is COc1cc(C)c(CC(=O)Nc2cc(Cl)ccc2Cl)cc1OC. The van der Waals surface area contributed by atoms with Crippen LogP contribution >= 0.6 is 23.2 Å². The molecule has 2 aromatic carbocycles. The van der Waals surface area contributed by atoms with Gasteiger partial charge in [-0.2, -0.15) is 0 Å². The summed E-state index contributed by atoms with van der Waals surface area (Å²) < 4.78 is 10.5. The Morgan fingerprint density at radius 3 is 2.39 bits per heavy atom. The number of hydrogen-bond acceptors (Lipinski definition) is 3. The summed E-state index contributed by atoms with van der Waals surface area (Å²) in [6, 6.07) is 8.56. The number of carbonyl (C=O) groups excluding carboxylic acids is 1. The summed E-state index contributed by atoms with van der Waals surface area (Å²) in [7, 11) is 3.13. The maximum atomic E-state index is 12.3. The maximum absolute atomic E-state index is 12.3. The fraction of sp³-hybridized carbons (Fsp3) is 0.235. The van der Waals surface area contributed by atoms with E-state index >= 15 is 0 Å². The highest BCUT2D eigenvalue weighted by Gasteiger charge is 2.13. The summed E-state index contributed by atoms with van der Waals surface area (Å²) in [5, 5.41) is 3.71. The number of hydrogen-bond donors (Lipinski definition) is 1. The maximum Gasteiger partial charge on any atom is 0.228 e. The molecular formula is C17H17Cl2NO3. The standard InChI is InChI=1S/C17H17Cl2NO3/c1-10-6-15(22-2)16(23-3)7-11(10)8-17(21)20-14-9-12(18)4-5-13(14)19/h4-7,9H,8H2,1-3H3,(H,20,21). The van der Waals surface area contributed by atoms with Gasteiger partial charge in [0.2, 0.25) is 5.91 Å². The van der Waals surface area contributed by atoms with Crippen LogP contribution in [-0.4, -0.2) is 20.1 Å². The Bertz CT molecular complexity index is 732. The Balaban J connectivity index is 2.18. The molecule has 1 N–H and O–H groups in total. The van der Waals surface area contributed by atoms with Crippen molar-refractivity contribution in [3.05, 3.63) is 51.5 Å². The van der Waals surface area contributed by atoms with E-state index in [1.807, 2.05) is 13.0 Å². The molecule has 0 saturated heterocycles. The Morgan fingerprint density at radius 2 is 1.74 bits per heavy atom. The molecule has 4 nitrogen and oxygen atoms in total. The highest BCUT2D eigenvalue weighted by atomic mass is 35.5. The molecule has 0 atom stereocenters. The third-order valence-electron chi connectivity index (χ3n) is 3.40. The molecule has 0 aliphatic heterocycles. The molecule has 23 heavy (non-hydrogen) atoms. The van der Waals surface area contributed by atoms with Gasteiger partial charge in [-0.3, -0.25) is 4.79 Å². The number of rotatable bonds is 5. The lowest BCUT2D eigenvalue weighted by Crippen LogP contribution is -2.15. The first-order chi connectivity index (χ1) is 10.9. The van der Waals surface area contributed by atoms with Crippen molar-refractivity contribution in [1.82, 2.24) is 0 Å². The van der Waals surface area contributed by atoms with Crippen LogP contribution in [0.2, 0.25) is 10.0 Å². The summed E-state index contributed by atoms with van der Waals surface area (Å²) in [6.45, 7) is 1.91. The van der Waals surface area contributed by atoms with Gasteiger partial charge >= 0.3 is 0 Å². The second-order valence-electron chi connectivity index (χ2n) is 4.98. The van der Waals surface area contributed by atoms with Crippen LogP contribution in [0.1, 0.15) is 11.1 Å². The zero-order chi connectivity index (χ0) is 17.0. The summed E-state index contributed by atoms with van der Waals surface area (Å²) in [5.41, 5.74) is 2.27. The molecule has 2 aromatic rings. The number of halogens is 2. The third kappa shape index (κ3) is 4.30. The second kappa shape index (κ2) is 7.57. The average molecular weight is 354 g/mol. The molecule has 0 fully saturated rings. The highest BCUT2D eigenvalue weighted by molar-refractivity contribution is 6.35. The molecule has 0 aromatic heterocycles. The van der Waals surface area contributed by atoms with Gasteiger partial charge in [-0.05, 0) is 48.4 Å². The van der Waals surface area contributed by atoms with Crippen molar-refractivity contribution in [3.8, 4) is 11.5 Å². The van der Waals surface area contributed by atoms with E-state index in [4.69, 9.17) is 32.7 Å². The second-order valence-corrected chi connectivity index (χ2v) is 5.83. The number of ether oxygens (including phenoxy) is 2. The molecule has 0 heterocycles. The molecule has 6 heteroatoms. The topological polar surface area (TPSA) is 47.6 Å². The van der Waals surface area contributed by atoms with Crippen molar-refractivity contribution in [2.24, 2.45) is 0 Å². The van der Waals surface area contributed by atoms with Crippen molar-refractivity contribution in [3.63, 3.8) is 0 Å². The third-order valence-corrected chi connectivity index (χ3v) is 3.96. The zero-order valence-electron chi connectivity index (χ0n) is 13.1. The van der Waals surface area contributed by atoms with Crippen LogP contribution in [0.4, 0.5) is 5.69 Å².